The van der Waals surface area contributed by atoms with Gasteiger partial charge in [-0.2, -0.15) is 4.68 Å². The van der Waals surface area contributed by atoms with E-state index in [4.69, 9.17) is 16.3 Å². The molecule has 2 aromatic heterocycles. The number of carbonyl (C=O) groups excluding carboxylic acids is 1. The van der Waals surface area contributed by atoms with Gasteiger partial charge in [-0.3, -0.25) is 9.69 Å². The van der Waals surface area contributed by atoms with E-state index in [-0.39, 0.29) is 18.0 Å². The molecule has 1 saturated heterocycles. The van der Waals surface area contributed by atoms with Crippen molar-refractivity contribution in [1.29, 1.82) is 0 Å². The first-order valence-electron chi connectivity index (χ1n) is 13.1. The Kier molecular flexibility index (Phi) is 9.80. The number of aromatic amines is 1. The summed E-state index contributed by atoms with van der Waals surface area (Å²) in [5, 5.41) is 12.0. The van der Waals surface area contributed by atoms with Crippen LogP contribution in [0.2, 0.25) is 5.02 Å². The number of hydrogen-bond donors (Lipinski definition) is 1. The van der Waals surface area contributed by atoms with Crippen LogP contribution in [0.3, 0.4) is 0 Å². The van der Waals surface area contributed by atoms with Crippen molar-refractivity contribution in [3.8, 4) is 5.69 Å². The van der Waals surface area contributed by atoms with Crippen molar-refractivity contribution in [2.45, 2.75) is 39.8 Å². The molecule has 1 N–H and O–H groups in total. The molecular formula is C28H35ClN8O2. The lowest BCUT2D eigenvalue weighted by Gasteiger charge is -2.37. The van der Waals surface area contributed by atoms with Crippen molar-refractivity contribution >= 4 is 29.2 Å². The van der Waals surface area contributed by atoms with Gasteiger partial charge in [-0.05, 0) is 68.0 Å². The van der Waals surface area contributed by atoms with Crippen molar-refractivity contribution in [2.75, 3.05) is 32.8 Å². The number of H-pyrrole nitrogens is 1. The third-order valence-electron chi connectivity index (χ3n) is 6.83. The van der Waals surface area contributed by atoms with Gasteiger partial charge in [0.15, 0.2) is 0 Å². The highest BCUT2D eigenvalue weighted by Crippen LogP contribution is 2.24. The van der Waals surface area contributed by atoms with Crippen LogP contribution >= 0.6 is 11.6 Å². The van der Waals surface area contributed by atoms with Crippen LogP contribution in [0, 0.1) is 0 Å². The summed E-state index contributed by atoms with van der Waals surface area (Å²) in [6.45, 7) is 11.7. The smallest absolute Gasteiger partial charge is 0.247 e. The summed E-state index contributed by atoms with van der Waals surface area (Å²) in [7, 11) is 0. The first-order chi connectivity index (χ1) is 18.9. The van der Waals surface area contributed by atoms with Gasteiger partial charge in [0.25, 0.3) is 0 Å². The first-order valence-corrected chi connectivity index (χ1v) is 13.5. The molecule has 4 rings (SSSR count). The van der Waals surface area contributed by atoms with E-state index in [1.54, 1.807) is 24.3 Å². The van der Waals surface area contributed by atoms with E-state index >= 15 is 0 Å². The lowest BCUT2D eigenvalue weighted by Crippen LogP contribution is -2.49. The van der Waals surface area contributed by atoms with Crippen LogP contribution in [0.4, 0.5) is 0 Å². The molecule has 206 valence electrons. The highest BCUT2D eigenvalue weighted by molar-refractivity contribution is 6.30. The topological polar surface area (TPSA) is 105 Å². The number of nitrogens with zero attached hydrogens (tertiary/aromatic N) is 7. The number of rotatable bonds is 10. The summed E-state index contributed by atoms with van der Waals surface area (Å²) in [4.78, 5) is 26.1. The van der Waals surface area contributed by atoms with Crippen molar-refractivity contribution in [1.82, 2.24) is 40.0 Å². The normalized spacial score (nSPS) is 16.7. The average Bonchev–Trinajstić information content (AvgIpc) is 3.66. The zero-order chi connectivity index (χ0) is 27.8. The Morgan fingerprint density at radius 3 is 2.72 bits per heavy atom. The number of allylic oxidation sites excluding steroid dienone is 4. The quantitative estimate of drug-likeness (QED) is 0.296. The van der Waals surface area contributed by atoms with Crippen LogP contribution in [0.15, 0.2) is 55.0 Å². The molecular weight excluding hydrogens is 516 g/mol. The van der Waals surface area contributed by atoms with Gasteiger partial charge in [0.05, 0.1) is 36.8 Å². The van der Waals surface area contributed by atoms with Crippen molar-refractivity contribution in [2.24, 2.45) is 0 Å². The number of aromatic nitrogens is 6. The van der Waals surface area contributed by atoms with Gasteiger partial charge in [0.2, 0.25) is 5.91 Å². The molecule has 1 aliphatic rings. The van der Waals surface area contributed by atoms with Crippen LogP contribution in [-0.4, -0.2) is 84.8 Å². The molecule has 2 atom stereocenters. The summed E-state index contributed by atoms with van der Waals surface area (Å²) in [6.07, 6.45) is 12.7. The molecule has 0 radical (unpaired) electrons. The van der Waals surface area contributed by atoms with Crippen molar-refractivity contribution < 1.29 is 9.53 Å². The number of nitrogens with one attached hydrogen (secondary N) is 1. The number of benzene rings is 1. The van der Waals surface area contributed by atoms with E-state index < -0.39 is 0 Å². The number of morpholine rings is 1. The second kappa shape index (κ2) is 13.5. The first kappa shape index (κ1) is 28.4. The predicted octanol–water partition coefficient (Wildman–Crippen LogP) is 4.34. The molecule has 1 fully saturated rings. The Morgan fingerprint density at radius 2 is 2.03 bits per heavy atom. The summed E-state index contributed by atoms with van der Waals surface area (Å²) in [5.74, 6) is 0.588. The minimum absolute atomic E-state index is 0.136. The Morgan fingerprint density at radius 1 is 1.23 bits per heavy atom. The van der Waals surface area contributed by atoms with Gasteiger partial charge in [-0.15, -0.1) is 5.10 Å². The zero-order valence-electron chi connectivity index (χ0n) is 22.8. The Hall–Kier alpha value is -3.60. The Bertz CT molecular complexity index is 1330. The lowest BCUT2D eigenvalue weighted by molar-refractivity contribution is -0.129. The predicted molar refractivity (Wildman–Crippen MR) is 152 cm³/mol. The molecule has 11 heteroatoms. The molecule has 0 spiro atoms. The average molecular weight is 551 g/mol. The number of hydrogen-bond acceptors (Lipinski definition) is 7. The summed E-state index contributed by atoms with van der Waals surface area (Å²) in [6, 6.07) is 5.21. The van der Waals surface area contributed by atoms with E-state index in [0.29, 0.717) is 30.5 Å². The second-order valence-electron chi connectivity index (χ2n) is 9.38. The largest absolute Gasteiger partial charge is 0.379 e. The Labute approximate surface area is 234 Å². The van der Waals surface area contributed by atoms with Crippen LogP contribution < -0.4 is 0 Å². The van der Waals surface area contributed by atoms with E-state index in [0.717, 1.165) is 35.7 Å². The summed E-state index contributed by atoms with van der Waals surface area (Å²) in [5.41, 5.74) is 3.39. The number of tetrazole rings is 1. The van der Waals surface area contributed by atoms with E-state index in [2.05, 4.69) is 37.3 Å². The standard InChI is InChI=1S/C28H35ClN8O2/c1-5-7-22(6-2)25-17-30-28(32-25)21(4)36(18-20(3)35-12-14-39-15-13-35)27(38)11-8-23-16-24(29)9-10-26(23)37-19-31-33-34-37/h5-11,16-17,19-21H,12-15,18H2,1-4H3,(H,30,32). The molecule has 2 unspecified atom stereocenters. The highest BCUT2D eigenvalue weighted by atomic mass is 35.5. The van der Waals surface area contributed by atoms with Gasteiger partial charge in [0, 0.05) is 42.3 Å². The third-order valence-corrected chi connectivity index (χ3v) is 7.07. The van der Waals surface area contributed by atoms with E-state index in [9.17, 15) is 4.79 Å². The van der Waals surface area contributed by atoms with Gasteiger partial charge in [-0.25, -0.2) is 4.98 Å². The molecule has 1 aliphatic heterocycles. The van der Waals surface area contributed by atoms with Crippen LogP contribution in [-0.2, 0) is 9.53 Å². The molecule has 0 aliphatic carbocycles. The second-order valence-corrected chi connectivity index (χ2v) is 9.82. The molecule has 0 saturated carbocycles. The van der Waals surface area contributed by atoms with Crippen LogP contribution in [0.25, 0.3) is 17.3 Å². The fraction of sp³-hybridized carbons (Fsp3) is 0.393. The minimum Gasteiger partial charge on any atom is -0.379 e. The van der Waals surface area contributed by atoms with Crippen molar-refractivity contribution in [3.63, 3.8) is 0 Å². The third kappa shape index (κ3) is 7.08. The van der Waals surface area contributed by atoms with Gasteiger partial charge in [-0.1, -0.05) is 29.8 Å². The number of amides is 1. The maximum Gasteiger partial charge on any atom is 0.247 e. The van der Waals surface area contributed by atoms with Gasteiger partial charge < -0.3 is 14.6 Å². The lowest BCUT2D eigenvalue weighted by atomic mass is 10.1. The minimum atomic E-state index is -0.290. The monoisotopic (exact) mass is 550 g/mol. The van der Waals surface area contributed by atoms with Crippen molar-refractivity contribution in [3.05, 3.63) is 77.1 Å². The van der Waals surface area contributed by atoms with E-state index in [1.807, 2.05) is 56.2 Å². The van der Waals surface area contributed by atoms with Gasteiger partial charge in [0.1, 0.15) is 12.2 Å². The molecule has 0 bridgehead atoms. The highest BCUT2D eigenvalue weighted by Gasteiger charge is 2.27. The number of halogens is 1. The number of ether oxygens (including phenoxy) is 1. The molecule has 1 amide bonds. The van der Waals surface area contributed by atoms with Gasteiger partial charge >= 0.3 is 0 Å². The maximum atomic E-state index is 13.8. The fourth-order valence-electron chi connectivity index (χ4n) is 4.62. The maximum absolute atomic E-state index is 13.8. The Balaban J connectivity index is 1.62. The summed E-state index contributed by atoms with van der Waals surface area (Å²) < 4.78 is 7.06. The number of imidazole rings is 1. The van der Waals surface area contributed by atoms with Crippen LogP contribution in [0.1, 0.15) is 50.8 Å². The number of carbonyl (C=O) groups is 1. The molecule has 1 aromatic carbocycles. The molecule has 3 heterocycles. The molecule has 3 aromatic rings. The van der Waals surface area contributed by atoms with Crippen LogP contribution in [0.5, 0.6) is 0 Å². The van der Waals surface area contributed by atoms with E-state index in [1.165, 1.54) is 11.0 Å². The summed E-state index contributed by atoms with van der Waals surface area (Å²) >= 11 is 6.28. The molecule has 39 heavy (non-hydrogen) atoms. The zero-order valence-corrected chi connectivity index (χ0v) is 23.5. The SMILES string of the molecule is CC=CC(=CC)c1cnc(C(C)N(CC(C)N2CCOCC2)C(=O)C=Cc2cc(Cl)ccc2-n2cnnn2)[nH]1. The molecule has 10 nitrogen and oxygen atoms in total. The fourth-order valence-corrected chi connectivity index (χ4v) is 4.80.